The van der Waals surface area contributed by atoms with E-state index in [9.17, 15) is 4.79 Å². The number of anilines is 1. The Bertz CT molecular complexity index is 799. The van der Waals surface area contributed by atoms with Crippen molar-refractivity contribution in [1.29, 1.82) is 0 Å². The van der Waals surface area contributed by atoms with Crippen LogP contribution in [-0.2, 0) is 11.3 Å². The van der Waals surface area contributed by atoms with Crippen molar-refractivity contribution < 1.29 is 14.3 Å². The van der Waals surface area contributed by atoms with Gasteiger partial charge in [0.1, 0.15) is 18.2 Å². The highest BCUT2D eigenvalue weighted by Gasteiger charge is 2.17. The van der Waals surface area contributed by atoms with Gasteiger partial charge in [0, 0.05) is 38.0 Å². The molecule has 2 aliphatic heterocycles. The number of amides is 1. The SMILES string of the molecule is O=C(NCc1ccnc(N2CCCC2)c1)c1cccc(OCC2CCCO2)c1. The van der Waals surface area contributed by atoms with Crippen LogP contribution in [0.4, 0.5) is 5.82 Å². The second-order valence-corrected chi connectivity index (χ2v) is 7.37. The minimum absolute atomic E-state index is 0.109. The van der Waals surface area contributed by atoms with Gasteiger partial charge in [-0.1, -0.05) is 6.07 Å². The molecule has 0 aliphatic carbocycles. The van der Waals surface area contributed by atoms with Crippen LogP contribution in [0.15, 0.2) is 42.6 Å². The molecule has 2 aromatic rings. The van der Waals surface area contributed by atoms with E-state index in [4.69, 9.17) is 9.47 Å². The highest BCUT2D eigenvalue weighted by atomic mass is 16.5. The quantitative estimate of drug-likeness (QED) is 0.798. The molecule has 1 unspecified atom stereocenters. The van der Waals surface area contributed by atoms with Gasteiger partial charge in [0.2, 0.25) is 0 Å². The van der Waals surface area contributed by atoms with Crippen molar-refractivity contribution >= 4 is 11.7 Å². The molecule has 2 saturated heterocycles. The lowest BCUT2D eigenvalue weighted by Crippen LogP contribution is -2.24. The Balaban J connectivity index is 1.32. The van der Waals surface area contributed by atoms with Gasteiger partial charge in [0.25, 0.3) is 5.91 Å². The molecule has 0 bridgehead atoms. The van der Waals surface area contributed by atoms with Crippen LogP contribution in [0.5, 0.6) is 5.75 Å². The van der Waals surface area contributed by atoms with Crippen LogP contribution >= 0.6 is 0 Å². The number of nitrogens with zero attached hydrogens (tertiary/aromatic N) is 2. The zero-order valence-corrected chi connectivity index (χ0v) is 16.1. The highest BCUT2D eigenvalue weighted by molar-refractivity contribution is 5.94. The van der Waals surface area contributed by atoms with Crippen LogP contribution in [0.3, 0.4) is 0 Å². The molecule has 0 radical (unpaired) electrons. The van der Waals surface area contributed by atoms with Crippen LogP contribution < -0.4 is 15.0 Å². The first-order valence-corrected chi connectivity index (χ1v) is 10.1. The van der Waals surface area contributed by atoms with Crippen LogP contribution in [0.1, 0.15) is 41.6 Å². The number of ether oxygens (including phenoxy) is 2. The minimum Gasteiger partial charge on any atom is -0.491 e. The second kappa shape index (κ2) is 9.06. The van der Waals surface area contributed by atoms with Crippen LogP contribution in [0.25, 0.3) is 0 Å². The third-order valence-electron chi connectivity index (χ3n) is 5.25. The van der Waals surface area contributed by atoms with Gasteiger partial charge in [0.15, 0.2) is 0 Å². The number of carbonyl (C=O) groups excluding carboxylic acids is 1. The standard InChI is InChI=1S/C22H27N3O3/c26-22(18-5-3-6-19(14-18)28-16-20-7-4-12-27-20)24-15-17-8-9-23-21(13-17)25-10-1-2-11-25/h3,5-6,8-9,13-14,20H,1-2,4,7,10-12,15-16H2,(H,24,26). The van der Waals surface area contributed by atoms with Crippen molar-refractivity contribution in [1.82, 2.24) is 10.3 Å². The van der Waals surface area contributed by atoms with E-state index in [2.05, 4.69) is 21.3 Å². The number of hydrogen-bond acceptors (Lipinski definition) is 5. The molecule has 6 nitrogen and oxygen atoms in total. The van der Waals surface area contributed by atoms with Crippen molar-refractivity contribution in [2.45, 2.75) is 38.3 Å². The molecule has 28 heavy (non-hydrogen) atoms. The predicted molar refractivity (Wildman–Crippen MR) is 108 cm³/mol. The Kier molecular flexibility index (Phi) is 6.07. The molecule has 4 rings (SSSR count). The van der Waals surface area contributed by atoms with E-state index in [1.54, 1.807) is 12.1 Å². The summed E-state index contributed by atoms with van der Waals surface area (Å²) in [7, 11) is 0. The molecule has 1 N–H and O–H groups in total. The third-order valence-corrected chi connectivity index (χ3v) is 5.25. The molecule has 1 atom stereocenters. The second-order valence-electron chi connectivity index (χ2n) is 7.37. The molecule has 2 fully saturated rings. The molecule has 0 saturated carbocycles. The monoisotopic (exact) mass is 381 g/mol. The summed E-state index contributed by atoms with van der Waals surface area (Å²) >= 11 is 0. The molecule has 6 heteroatoms. The Labute approximate surface area is 165 Å². The normalized spacial score (nSPS) is 19.0. The first kappa shape index (κ1) is 18.7. The summed E-state index contributed by atoms with van der Waals surface area (Å²) in [5.74, 6) is 1.58. The lowest BCUT2D eigenvalue weighted by molar-refractivity contribution is 0.0679. The smallest absolute Gasteiger partial charge is 0.251 e. The largest absolute Gasteiger partial charge is 0.491 e. The number of aromatic nitrogens is 1. The van der Waals surface area contributed by atoms with E-state index in [1.165, 1.54) is 12.8 Å². The summed E-state index contributed by atoms with van der Waals surface area (Å²) < 4.78 is 11.4. The van der Waals surface area contributed by atoms with Gasteiger partial charge in [0.05, 0.1) is 6.10 Å². The van der Waals surface area contributed by atoms with Crippen LogP contribution in [0, 0.1) is 0 Å². The summed E-state index contributed by atoms with van der Waals surface area (Å²) in [5.41, 5.74) is 1.65. The van der Waals surface area contributed by atoms with Crippen LogP contribution in [-0.4, -0.2) is 43.3 Å². The number of carbonyl (C=O) groups is 1. The minimum atomic E-state index is -0.109. The fourth-order valence-corrected chi connectivity index (χ4v) is 3.67. The summed E-state index contributed by atoms with van der Waals surface area (Å²) in [6.07, 6.45) is 6.53. The van der Waals surface area contributed by atoms with Gasteiger partial charge < -0.3 is 19.7 Å². The Hall–Kier alpha value is -2.60. The number of benzene rings is 1. The number of nitrogens with one attached hydrogen (secondary N) is 1. The summed E-state index contributed by atoms with van der Waals surface area (Å²) in [6, 6.07) is 11.3. The molecule has 1 aromatic carbocycles. The molecule has 0 spiro atoms. The van der Waals surface area contributed by atoms with E-state index in [1.807, 2.05) is 24.4 Å². The zero-order chi connectivity index (χ0) is 19.2. The average molecular weight is 381 g/mol. The average Bonchev–Trinajstić information content (AvgIpc) is 3.45. The fourth-order valence-electron chi connectivity index (χ4n) is 3.67. The molecule has 3 heterocycles. The topological polar surface area (TPSA) is 63.7 Å². The van der Waals surface area contributed by atoms with E-state index >= 15 is 0 Å². The maximum Gasteiger partial charge on any atom is 0.251 e. The highest BCUT2D eigenvalue weighted by Crippen LogP contribution is 2.19. The summed E-state index contributed by atoms with van der Waals surface area (Å²) in [4.78, 5) is 19.3. The van der Waals surface area contributed by atoms with Crippen molar-refractivity contribution in [3.63, 3.8) is 0 Å². The first-order valence-electron chi connectivity index (χ1n) is 10.1. The maximum atomic E-state index is 12.6. The van der Waals surface area contributed by atoms with Gasteiger partial charge in [-0.2, -0.15) is 0 Å². The van der Waals surface area contributed by atoms with Crippen molar-refractivity contribution in [2.24, 2.45) is 0 Å². The fraction of sp³-hybridized carbons (Fsp3) is 0.455. The van der Waals surface area contributed by atoms with Crippen molar-refractivity contribution in [3.05, 3.63) is 53.7 Å². The molecule has 148 valence electrons. The van der Waals surface area contributed by atoms with Gasteiger partial charge in [-0.25, -0.2) is 4.98 Å². The number of rotatable bonds is 7. The van der Waals surface area contributed by atoms with Crippen molar-refractivity contribution in [2.75, 3.05) is 31.2 Å². The molecular formula is C22H27N3O3. The molecule has 1 amide bonds. The number of hydrogen-bond donors (Lipinski definition) is 1. The van der Waals surface area contributed by atoms with Crippen LogP contribution in [0.2, 0.25) is 0 Å². The Morgan fingerprint density at radius 1 is 1.21 bits per heavy atom. The van der Waals surface area contributed by atoms with E-state index in [0.29, 0.717) is 24.5 Å². The summed E-state index contributed by atoms with van der Waals surface area (Å²) in [5, 5.41) is 2.99. The zero-order valence-electron chi connectivity index (χ0n) is 16.1. The van der Waals surface area contributed by atoms with Gasteiger partial charge in [-0.05, 0) is 61.6 Å². The molecular weight excluding hydrogens is 354 g/mol. The van der Waals surface area contributed by atoms with E-state index in [0.717, 1.165) is 43.9 Å². The van der Waals surface area contributed by atoms with E-state index < -0.39 is 0 Å². The van der Waals surface area contributed by atoms with Crippen molar-refractivity contribution in [3.8, 4) is 5.75 Å². The van der Waals surface area contributed by atoms with Gasteiger partial charge in [-0.3, -0.25) is 4.79 Å². The Morgan fingerprint density at radius 2 is 2.11 bits per heavy atom. The lowest BCUT2D eigenvalue weighted by Gasteiger charge is -2.17. The number of pyridine rings is 1. The molecule has 1 aromatic heterocycles. The summed E-state index contributed by atoms with van der Waals surface area (Å²) in [6.45, 7) is 3.93. The third kappa shape index (κ3) is 4.81. The van der Waals surface area contributed by atoms with E-state index in [-0.39, 0.29) is 12.0 Å². The predicted octanol–water partition coefficient (Wildman–Crippen LogP) is 3.17. The first-order chi connectivity index (χ1) is 13.8. The lowest BCUT2D eigenvalue weighted by atomic mass is 10.2. The molecule has 2 aliphatic rings. The maximum absolute atomic E-state index is 12.6. The van der Waals surface area contributed by atoms with Gasteiger partial charge in [-0.15, -0.1) is 0 Å². The Morgan fingerprint density at radius 3 is 2.93 bits per heavy atom. The van der Waals surface area contributed by atoms with Gasteiger partial charge >= 0.3 is 0 Å².